The number of carbonyl (C=O) groups excluding carboxylic acids is 1. The molecule has 1 aliphatic heterocycles. The van der Waals surface area contributed by atoms with E-state index >= 15 is 0 Å². The van der Waals surface area contributed by atoms with Crippen LogP contribution in [0.5, 0.6) is 0 Å². The Kier molecular flexibility index (Phi) is 6.54. The first-order chi connectivity index (χ1) is 14.7. The third-order valence-electron chi connectivity index (χ3n) is 5.56. The van der Waals surface area contributed by atoms with Gasteiger partial charge in [0.1, 0.15) is 17.8 Å². The number of carbonyl (C=O) groups is 1. The van der Waals surface area contributed by atoms with E-state index in [1.807, 2.05) is 6.07 Å². The van der Waals surface area contributed by atoms with Crippen LogP contribution in [0, 0.1) is 5.82 Å². The molecule has 4 rings (SSSR count). The molecule has 0 aliphatic carbocycles. The number of halogens is 1. The molecule has 3 aromatic rings. The molecule has 0 unspecified atom stereocenters. The van der Waals surface area contributed by atoms with Crippen molar-refractivity contribution in [2.24, 2.45) is 0 Å². The van der Waals surface area contributed by atoms with E-state index in [2.05, 4.69) is 39.6 Å². The minimum absolute atomic E-state index is 0.0305. The molecule has 2 aromatic carbocycles. The molecule has 1 fully saturated rings. The van der Waals surface area contributed by atoms with Crippen molar-refractivity contribution in [2.75, 3.05) is 13.1 Å². The largest absolute Gasteiger partial charge is 0.364 e. The molecular formula is C24H26FN3O2. The van der Waals surface area contributed by atoms with Gasteiger partial charge in [-0.05, 0) is 37.0 Å². The lowest BCUT2D eigenvalue weighted by molar-refractivity contribution is -0.122. The fourth-order valence-corrected chi connectivity index (χ4v) is 3.93. The van der Waals surface area contributed by atoms with Crippen LogP contribution >= 0.6 is 0 Å². The van der Waals surface area contributed by atoms with Crippen LogP contribution in [0.2, 0.25) is 0 Å². The van der Waals surface area contributed by atoms with Gasteiger partial charge in [0.25, 0.3) is 0 Å². The van der Waals surface area contributed by atoms with Gasteiger partial charge in [-0.2, -0.15) is 0 Å². The lowest BCUT2D eigenvalue weighted by atomic mass is 10.0. The molecular weight excluding hydrogens is 381 g/mol. The number of aryl methyl sites for hydroxylation is 1. The highest BCUT2D eigenvalue weighted by Gasteiger charge is 2.21. The Balaban J connectivity index is 1.23. The standard InChI is InChI=1S/C24H26FN3O2/c25-21-8-4-7-19(15-21)24-20(17-30-27-24)9-10-23(29)26-22-11-13-28(14-12-22)16-18-5-2-1-3-6-18/h1-8,15,17,22H,9-14,16H2,(H,26,29). The minimum atomic E-state index is -0.321. The van der Waals surface area contributed by atoms with E-state index in [0.717, 1.165) is 38.0 Å². The number of rotatable bonds is 7. The fraction of sp³-hybridized carbons (Fsp3) is 0.333. The maximum atomic E-state index is 13.5. The first-order valence-corrected chi connectivity index (χ1v) is 10.4. The van der Waals surface area contributed by atoms with Gasteiger partial charge in [-0.1, -0.05) is 47.6 Å². The Hall–Kier alpha value is -2.99. The third kappa shape index (κ3) is 5.33. The van der Waals surface area contributed by atoms with Gasteiger partial charge < -0.3 is 9.84 Å². The number of nitrogens with zero attached hydrogens (tertiary/aromatic N) is 2. The Morgan fingerprint density at radius 1 is 1.13 bits per heavy atom. The maximum absolute atomic E-state index is 13.5. The quantitative estimate of drug-likeness (QED) is 0.638. The summed E-state index contributed by atoms with van der Waals surface area (Å²) in [5.41, 5.74) is 3.39. The van der Waals surface area contributed by atoms with E-state index in [9.17, 15) is 9.18 Å². The molecule has 5 nitrogen and oxygen atoms in total. The minimum Gasteiger partial charge on any atom is -0.364 e. The van der Waals surface area contributed by atoms with Gasteiger partial charge in [-0.3, -0.25) is 9.69 Å². The van der Waals surface area contributed by atoms with Gasteiger partial charge in [0.2, 0.25) is 5.91 Å². The van der Waals surface area contributed by atoms with Crippen molar-refractivity contribution < 1.29 is 13.7 Å². The van der Waals surface area contributed by atoms with Gasteiger partial charge in [-0.25, -0.2) is 4.39 Å². The van der Waals surface area contributed by atoms with Crippen LogP contribution in [0.1, 0.15) is 30.4 Å². The zero-order valence-electron chi connectivity index (χ0n) is 16.9. The normalized spacial score (nSPS) is 15.2. The molecule has 1 aliphatic rings. The van der Waals surface area contributed by atoms with Gasteiger partial charge in [0.15, 0.2) is 0 Å². The van der Waals surface area contributed by atoms with Gasteiger partial charge in [-0.15, -0.1) is 0 Å². The molecule has 156 valence electrons. The number of hydrogen-bond donors (Lipinski definition) is 1. The van der Waals surface area contributed by atoms with Gasteiger partial charge >= 0.3 is 0 Å². The average Bonchev–Trinajstić information content (AvgIpc) is 3.23. The molecule has 1 amide bonds. The van der Waals surface area contributed by atoms with Crippen LogP contribution < -0.4 is 5.32 Å². The van der Waals surface area contributed by atoms with Crippen LogP contribution in [0.25, 0.3) is 11.3 Å². The number of likely N-dealkylation sites (tertiary alicyclic amines) is 1. The van der Waals surface area contributed by atoms with E-state index in [0.29, 0.717) is 24.1 Å². The Morgan fingerprint density at radius 3 is 2.70 bits per heavy atom. The highest BCUT2D eigenvalue weighted by Crippen LogP contribution is 2.24. The molecule has 0 bridgehead atoms. The molecule has 0 spiro atoms. The Labute approximate surface area is 175 Å². The number of aromatic nitrogens is 1. The van der Waals surface area contributed by atoms with Crippen molar-refractivity contribution >= 4 is 5.91 Å². The van der Waals surface area contributed by atoms with Crippen LogP contribution in [-0.2, 0) is 17.8 Å². The second-order valence-electron chi connectivity index (χ2n) is 7.80. The lowest BCUT2D eigenvalue weighted by Gasteiger charge is -2.32. The zero-order chi connectivity index (χ0) is 20.8. The lowest BCUT2D eigenvalue weighted by Crippen LogP contribution is -2.44. The summed E-state index contributed by atoms with van der Waals surface area (Å²) in [4.78, 5) is 14.9. The Morgan fingerprint density at radius 2 is 1.93 bits per heavy atom. The number of hydrogen-bond acceptors (Lipinski definition) is 4. The van der Waals surface area contributed by atoms with Crippen molar-refractivity contribution in [1.82, 2.24) is 15.4 Å². The van der Waals surface area contributed by atoms with Crippen LogP contribution in [-0.4, -0.2) is 35.1 Å². The second kappa shape index (κ2) is 9.67. The molecule has 30 heavy (non-hydrogen) atoms. The number of amides is 1. The van der Waals surface area contributed by atoms with E-state index in [-0.39, 0.29) is 17.8 Å². The molecule has 2 heterocycles. The summed E-state index contributed by atoms with van der Waals surface area (Å²) in [5, 5.41) is 7.14. The third-order valence-corrected chi connectivity index (χ3v) is 5.56. The van der Waals surface area contributed by atoms with Gasteiger partial charge in [0, 0.05) is 43.2 Å². The van der Waals surface area contributed by atoms with E-state index < -0.39 is 0 Å². The highest BCUT2D eigenvalue weighted by atomic mass is 19.1. The number of benzene rings is 2. The monoisotopic (exact) mass is 407 g/mol. The Bertz CT molecular complexity index is 965. The predicted molar refractivity (Wildman–Crippen MR) is 113 cm³/mol. The van der Waals surface area contributed by atoms with Gasteiger partial charge in [0.05, 0.1) is 0 Å². The first-order valence-electron chi connectivity index (χ1n) is 10.4. The summed E-state index contributed by atoms with van der Waals surface area (Å²) < 4.78 is 18.6. The van der Waals surface area contributed by atoms with E-state index in [1.54, 1.807) is 12.1 Å². The predicted octanol–water partition coefficient (Wildman–Crippen LogP) is 4.19. The molecule has 0 saturated carbocycles. The van der Waals surface area contributed by atoms with E-state index in [1.165, 1.54) is 24.0 Å². The summed E-state index contributed by atoms with van der Waals surface area (Å²) in [6, 6.07) is 16.9. The van der Waals surface area contributed by atoms with Crippen LogP contribution in [0.4, 0.5) is 4.39 Å². The van der Waals surface area contributed by atoms with Crippen molar-refractivity contribution in [3.8, 4) is 11.3 Å². The van der Waals surface area contributed by atoms with Crippen LogP contribution in [0.15, 0.2) is 65.4 Å². The summed E-state index contributed by atoms with van der Waals surface area (Å²) in [7, 11) is 0. The second-order valence-corrected chi connectivity index (χ2v) is 7.80. The van der Waals surface area contributed by atoms with E-state index in [4.69, 9.17) is 4.52 Å². The molecule has 1 saturated heterocycles. The first kappa shape index (κ1) is 20.3. The van der Waals surface area contributed by atoms with Crippen LogP contribution in [0.3, 0.4) is 0 Å². The molecule has 0 radical (unpaired) electrons. The molecule has 0 atom stereocenters. The van der Waals surface area contributed by atoms with Crippen molar-refractivity contribution in [3.63, 3.8) is 0 Å². The smallest absolute Gasteiger partial charge is 0.220 e. The summed E-state index contributed by atoms with van der Waals surface area (Å²) >= 11 is 0. The average molecular weight is 407 g/mol. The fourth-order valence-electron chi connectivity index (χ4n) is 3.93. The van der Waals surface area contributed by atoms with Crippen molar-refractivity contribution in [3.05, 3.63) is 77.8 Å². The highest BCUT2D eigenvalue weighted by molar-refractivity contribution is 5.77. The topological polar surface area (TPSA) is 58.4 Å². The molecule has 1 aromatic heterocycles. The number of piperidine rings is 1. The zero-order valence-corrected chi connectivity index (χ0v) is 16.9. The summed E-state index contributed by atoms with van der Waals surface area (Å²) in [6.07, 6.45) is 4.32. The molecule has 6 heteroatoms. The SMILES string of the molecule is O=C(CCc1conc1-c1cccc(F)c1)NC1CCN(Cc2ccccc2)CC1. The molecule has 1 N–H and O–H groups in total. The summed E-state index contributed by atoms with van der Waals surface area (Å²) in [5.74, 6) is -0.291. The summed E-state index contributed by atoms with van der Waals surface area (Å²) in [6.45, 7) is 2.92. The van der Waals surface area contributed by atoms with Crippen molar-refractivity contribution in [1.29, 1.82) is 0 Å². The maximum Gasteiger partial charge on any atom is 0.220 e. The van der Waals surface area contributed by atoms with Crippen molar-refractivity contribution in [2.45, 2.75) is 38.3 Å². The number of nitrogens with one attached hydrogen (secondary N) is 1.